The van der Waals surface area contributed by atoms with E-state index in [4.69, 9.17) is 5.73 Å². The van der Waals surface area contributed by atoms with Crippen LogP contribution in [0.25, 0.3) is 0 Å². The van der Waals surface area contributed by atoms with E-state index < -0.39 is 0 Å². The highest BCUT2D eigenvalue weighted by Crippen LogP contribution is 2.03. The van der Waals surface area contributed by atoms with Crippen LogP contribution >= 0.6 is 0 Å². The lowest BCUT2D eigenvalue weighted by molar-refractivity contribution is 0.425. The maximum Gasteiger partial charge on any atom is 0.126 e. The topological polar surface area (TPSA) is 54.2 Å². The van der Waals surface area contributed by atoms with Gasteiger partial charge in [-0.05, 0) is 26.2 Å². The van der Waals surface area contributed by atoms with Crippen molar-refractivity contribution in [1.29, 1.82) is 0 Å². The number of hydrogen-bond donors (Lipinski definition) is 2. The van der Waals surface area contributed by atoms with Gasteiger partial charge in [0, 0.05) is 19.6 Å². The standard InChI is InChI=1S/C10H18N4/c1-14(2)7-6-12-10-5-3-4-9(8-11)13-10/h3-5H,6-8,11H2,1-2H3,(H,12,13). The van der Waals surface area contributed by atoms with Crippen molar-refractivity contribution < 1.29 is 0 Å². The molecule has 0 aliphatic carbocycles. The molecular weight excluding hydrogens is 176 g/mol. The van der Waals surface area contributed by atoms with Crippen LogP contribution in [-0.4, -0.2) is 37.1 Å². The summed E-state index contributed by atoms with van der Waals surface area (Å²) in [7, 11) is 4.09. The number of aromatic nitrogens is 1. The molecule has 0 aromatic carbocycles. The van der Waals surface area contributed by atoms with E-state index in [0.717, 1.165) is 24.6 Å². The van der Waals surface area contributed by atoms with Crippen LogP contribution < -0.4 is 11.1 Å². The number of hydrogen-bond acceptors (Lipinski definition) is 4. The van der Waals surface area contributed by atoms with Gasteiger partial charge in [0.2, 0.25) is 0 Å². The Bertz CT molecular complexity index is 273. The second-order valence-corrected chi connectivity index (χ2v) is 3.45. The molecule has 0 spiro atoms. The van der Waals surface area contributed by atoms with Gasteiger partial charge in [0.1, 0.15) is 5.82 Å². The highest BCUT2D eigenvalue weighted by atomic mass is 15.1. The Morgan fingerprint density at radius 3 is 2.86 bits per heavy atom. The average molecular weight is 194 g/mol. The predicted octanol–water partition coefficient (Wildman–Crippen LogP) is 0.514. The van der Waals surface area contributed by atoms with Crippen LogP contribution in [0.4, 0.5) is 5.82 Å². The first-order chi connectivity index (χ1) is 6.72. The monoisotopic (exact) mass is 194 g/mol. The molecule has 0 bridgehead atoms. The van der Waals surface area contributed by atoms with Gasteiger partial charge in [-0.1, -0.05) is 6.07 Å². The van der Waals surface area contributed by atoms with Crippen molar-refractivity contribution in [3.63, 3.8) is 0 Å². The Labute approximate surface area is 85.1 Å². The lowest BCUT2D eigenvalue weighted by Crippen LogP contribution is -2.21. The fourth-order valence-electron chi connectivity index (χ4n) is 1.10. The van der Waals surface area contributed by atoms with Crippen molar-refractivity contribution in [3.8, 4) is 0 Å². The highest BCUT2D eigenvalue weighted by Gasteiger charge is 1.95. The Hall–Kier alpha value is -1.13. The molecule has 14 heavy (non-hydrogen) atoms. The van der Waals surface area contributed by atoms with Crippen LogP contribution in [0.1, 0.15) is 5.69 Å². The van der Waals surface area contributed by atoms with Gasteiger partial charge in [0.15, 0.2) is 0 Å². The third-order valence-corrected chi connectivity index (χ3v) is 1.88. The highest BCUT2D eigenvalue weighted by molar-refractivity contribution is 5.35. The molecular formula is C10H18N4. The van der Waals surface area contributed by atoms with Crippen LogP contribution in [0.2, 0.25) is 0 Å². The summed E-state index contributed by atoms with van der Waals surface area (Å²) < 4.78 is 0. The van der Waals surface area contributed by atoms with E-state index in [1.165, 1.54) is 0 Å². The summed E-state index contributed by atoms with van der Waals surface area (Å²) in [5, 5.41) is 3.24. The fourth-order valence-corrected chi connectivity index (χ4v) is 1.10. The largest absolute Gasteiger partial charge is 0.369 e. The summed E-state index contributed by atoms with van der Waals surface area (Å²) in [5.41, 5.74) is 6.41. The summed E-state index contributed by atoms with van der Waals surface area (Å²) in [6.07, 6.45) is 0. The van der Waals surface area contributed by atoms with Gasteiger partial charge >= 0.3 is 0 Å². The molecule has 78 valence electrons. The van der Waals surface area contributed by atoms with Crippen molar-refractivity contribution >= 4 is 5.82 Å². The van der Waals surface area contributed by atoms with E-state index in [-0.39, 0.29) is 0 Å². The molecule has 1 rings (SSSR count). The smallest absolute Gasteiger partial charge is 0.126 e. The van der Waals surface area contributed by atoms with Gasteiger partial charge in [-0.2, -0.15) is 0 Å². The second kappa shape index (κ2) is 5.57. The Morgan fingerprint density at radius 2 is 2.21 bits per heavy atom. The van der Waals surface area contributed by atoms with Crippen LogP contribution in [0.15, 0.2) is 18.2 Å². The van der Waals surface area contributed by atoms with E-state index in [0.29, 0.717) is 6.54 Å². The zero-order valence-corrected chi connectivity index (χ0v) is 8.83. The first kappa shape index (κ1) is 10.9. The molecule has 0 fully saturated rings. The van der Waals surface area contributed by atoms with Gasteiger partial charge in [-0.3, -0.25) is 0 Å². The van der Waals surface area contributed by atoms with Gasteiger partial charge in [-0.25, -0.2) is 4.98 Å². The maximum absolute atomic E-state index is 5.50. The van der Waals surface area contributed by atoms with Crippen LogP contribution in [0.5, 0.6) is 0 Å². The number of nitrogens with zero attached hydrogens (tertiary/aromatic N) is 2. The first-order valence-electron chi connectivity index (χ1n) is 4.77. The number of nitrogens with two attached hydrogens (primary N) is 1. The minimum atomic E-state index is 0.489. The minimum Gasteiger partial charge on any atom is -0.369 e. The molecule has 4 heteroatoms. The summed E-state index contributed by atoms with van der Waals surface area (Å²) in [4.78, 5) is 6.46. The molecule has 1 aromatic heterocycles. The Morgan fingerprint density at radius 1 is 1.43 bits per heavy atom. The van der Waals surface area contributed by atoms with Gasteiger partial charge in [0.05, 0.1) is 5.69 Å². The quantitative estimate of drug-likeness (QED) is 0.717. The zero-order chi connectivity index (χ0) is 10.4. The predicted molar refractivity (Wildman–Crippen MR) is 59.2 cm³/mol. The normalized spacial score (nSPS) is 10.6. The van der Waals surface area contributed by atoms with Crippen molar-refractivity contribution in [2.45, 2.75) is 6.54 Å². The lowest BCUT2D eigenvalue weighted by atomic mass is 10.3. The van der Waals surface area contributed by atoms with Gasteiger partial charge < -0.3 is 16.0 Å². The molecule has 0 amide bonds. The van der Waals surface area contributed by atoms with Crippen molar-refractivity contribution in [2.75, 3.05) is 32.5 Å². The summed E-state index contributed by atoms with van der Waals surface area (Å²) >= 11 is 0. The maximum atomic E-state index is 5.50. The molecule has 0 unspecified atom stereocenters. The van der Waals surface area contributed by atoms with E-state index in [1.807, 2.05) is 32.3 Å². The van der Waals surface area contributed by atoms with Crippen molar-refractivity contribution in [1.82, 2.24) is 9.88 Å². The second-order valence-electron chi connectivity index (χ2n) is 3.45. The van der Waals surface area contributed by atoms with E-state index in [9.17, 15) is 0 Å². The molecule has 0 aliphatic rings. The van der Waals surface area contributed by atoms with E-state index in [2.05, 4.69) is 15.2 Å². The first-order valence-corrected chi connectivity index (χ1v) is 4.77. The molecule has 0 saturated heterocycles. The van der Waals surface area contributed by atoms with Gasteiger partial charge in [0.25, 0.3) is 0 Å². The summed E-state index contributed by atoms with van der Waals surface area (Å²) in [5.74, 6) is 0.898. The van der Waals surface area contributed by atoms with E-state index in [1.54, 1.807) is 0 Å². The Kier molecular flexibility index (Phi) is 4.35. The van der Waals surface area contributed by atoms with Crippen LogP contribution in [0, 0.1) is 0 Å². The molecule has 0 radical (unpaired) electrons. The molecule has 1 heterocycles. The van der Waals surface area contributed by atoms with Crippen LogP contribution in [-0.2, 0) is 6.54 Å². The molecule has 3 N–H and O–H groups in total. The molecule has 0 saturated carbocycles. The minimum absolute atomic E-state index is 0.489. The zero-order valence-electron chi connectivity index (χ0n) is 8.83. The molecule has 0 atom stereocenters. The van der Waals surface area contributed by atoms with E-state index >= 15 is 0 Å². The lowest BCUT2D eigenvalue weighted by Gasteiger charge is -2.11. The SMILES string of the molecule is CN(C)CCNc1cccc(CN)n1. The number of pyridine rings is 1. The van der Waals surface area contributed by atoms with Crippen molar-refractivity contribution in [2.24, 2.45) is 5.73 Å². The average Bonchev–Trinajstić information content (AvgIpc) is 2.18. The summed E-state index contributed by atoms with van der Waals surface area (Å²) in [6, 6.07) is 5.85. The molecule has 1 aromatic rings. The van der Waals surface area contributed by atoms with Gasteiger partial charge in [-0.15, -0.1) is 0 Å². The number of likely N-dealkylation sites (N-methyl/N-ethyl adjacent to an activating group) is 1. The third kappa shape index (κ3) is 3.72. The number of rotatable bonds is 5. The number of anilines is 1. The Balaban J connectivity index is 2.42. The fraction of sp³-hybridized carbons (Fsp3) is 0.500. The summed E-state index contributed by atoms with van der Waals surface area (Å²) in [6.45, 7) is 2.38. The molecule has 4 nitrogen and oxygen atoms in total. The van der Waals surface area contributed by atoms with Crippen LogP contribution in [0.3, 0.4) is 0 Å². The third-order valence-electron chi connectivity index (χ3n) is 1.88. The number of nitrogens with one attached hydrogen (secondary N) is 1. The van der Waals surface area contributed by atoms with Crippen molar-refractivity contribution in [3.05, 3.63) is 23.9 Å². The molecule has 0 aliphatic heterocycles.